The highest BCUT2D eigenvalue weighted by Crippen LogP contribution is 2.35. The molecule has 0 radical (unpaired) electrons. The van der Waals surface area contributed by atoms with Gasteiger partial charge in [0.05, 0.1) is 17.2 Å². The summed E-state index contributed by atoms with van der Waals surface area (Å²) in [6.07, 6.45) is 3.06. The predicted molar refractivity (Wildman–Crippen MR) is 85.5 cm³/mol. The SMILES string of the molecule is CCn1c(C(=O)O)cc2cc(Oc3cccnc3)cc([N+](=O)[O-])c21. The van der Waals surface area contributed by atoms with E-state index in [1.807, 2.05) is 0 Å². The van der Waals surface area contributed by atoms with Crippen LogP contribution in [0, 0.1) is 10.1 Å². The van der Waals surface area contributed by atoms with Gasteiger partial charge in [0.15, 0.2) is 0 Å². The Labute approximate surface area is 136 Å². The van der Waals surface area contributed by atoms with Crippen molar-refractivity contribution in [3.63, 3.8) is 0 Å². The largest absolute Gasteiger partial charge is 0.477 e. The minimum Gasteiger partial charge on any atom is -0.477 e. The second-order valence-electron chi connectivity index (χ2n) is 5.01. The summed E-state index contributed by atoms with van der Waals surface area (Å²) in [6, 6.07) is 7.62. The summed E-state index contributed by atoms with van der Waals surface area (Å²) in [6.45, 7) is 2.03. The van der Waals surface area contributed by atoms with Gasteiger partial charge in [0.25, 0.3) is 5.69 Å². The van der Waals surface area contributed by atoms with Gasteiger partial charge in [-0.3, -0.25) is 15.1 Å². The lowest BCUT2D eigenvalue weighted by Gasteiger charge is -2.08. The number of nitrogens with zero attached hydrogens (tertiary/aromatic N) is 3. The average molecular weight is 327 g/mol. The van der Waals surface area contributed by atoms with E-state index in [1.54, 1.807) is 31.3 Å². The van der Waals surface area contributed by atoms with Crippen LogP contribution >= 0.6 is 0 Å². The summed E-state index contributed by atoms with van der Waals surface area (Å²) in [5.74, 6) is -0.469. The molecule has 122 valence electrons. The van der Waals surface area contributed by atoms with E-state index in [0.29, 0.717) is 17.7 Å². The van der Waals surface area contributed by atoms with E-state index in [-0.39, 0.29) is 22.6 Å². The van der Waals surface area contributed by atoms with Crippen LogP contribution in [0.5, 0.6) is 11.5 Å². The van der Waals surface area contributed by atoms with Crippen molar-refractivity contribution in [2.75, 3.05) is 0 Å². The fraction of sp³-hybridized carbons (Fsp3) is 0.125. The number of carbonyl (C=O) groups is 1. The van der Waals surface area contributed by atoms with Gasteiger partial charge in [-0.05, 0) is 31.2 Å². The number of hydrogen-bond acceptors (Lipinski definition) is 5. The number of ether oxygens (including phenoxy) is 1. The molecule has 0 spiro atoms. The predicted octanol–water partition coefficient (Wildman–Crippen LogP) is 3.45. The lowest BCUT2D eigenvalue weighted by atomic mass is 10.2. The molecule has 0 aliphatic heterocycles. The minimum atomic E-state index is -1.14. The van der Waals surface area contributed by atoms with Crippen LogP contribution in [-0.4, -0.2) is 25.6 Å². The molecule has 0 amide bonds. The van der Waals surface area contributed by atoms with Crippen LogP contribution in [0.25, 0.3) is 10.9 Å². The van der Waals surface area contributed by atoms with Crippen LogP contribution in [0.2, 0.25) is 0 Å². The number of non-ortho nitro benzene ring substituents is 1. The number of aryl methyl sites for hydroxylation is 1. The van der Waals surface area contributed by atoms with Gasteiger partial charge in [0.2, 0.25) is 0 Å². The molecule has 0 aliphatic carbocycles. The Morgan fingerprint density at radius 1 is 1.38 bits per heavy atom. The summed E-state index contributed by atoms with van der Waals surface area (Å²) in [5, 5.41) is 21.2. The molecule has 0 saturated heterocycles. The third kappa shape index (κ3) is 2.65. The van der Waals surface area contributed by atoms with Crippen molar-refractivity contribution in [3.8, 4) is 11.5 Å². The highest BCUT2D eigenvalue weighted by molar-refractivity contribution is 5.98. The van der Waals surface area contributed by atoms with E-state index in [1.165, 1.54) is 22.9 Å². The quantitative estimate of drug-likeness (QED) is 0.568. The van der Waals surface area contributed by atoms with Gasteiger partial charge in [-0.2, -0.15) is 0 Å². The molecule has 8 heteroatoms. The van der Waals surface area contributed by atoms with Gasteiger partial charge in [0.1, 0.15) is 22.7 Å². The summed E-state index contributed by atoms with van der Waals surface area (Å²) in [4.78, 5) is 26.2. The van der Waals surface area contributed by atoms with Crippen LogP contribution < -0.4 is 4.74 Å². The first-order valence-electron chi connectivity index (χ1n) is 7.14. The number of hydrogen-bond donors (Lipinski definition) is 1. The Morgan fingerprint density at radius 3 is 2.75 bits per heavy atom. The molecule has 2 heterocycles. The normalized spacial score (nSPS) is 10.7. The first-order valence-corrected chi connectivity index (χ1v) is 7.14. The zero-order chi connectivity index (χ0) is 17.3. The van der Waals surface area contributed by atoms with Crippen molar-refractivity contribution in [2.45, 2.75) is 13.5 Å². The third-order valence-corrected chi connectivity index (χ3v) is 3.55. The fourth-order valence-corrected chi connectivity index (χ4v) is 2.61. The van der Waals surface area contributed by atoms with E-state index in [4.69, 9.17) is 4.74 Å². The number of rotatable bonds is 5. The van der Waals surface area contributed by atoms with Gasteiger partial charge in [-0.1, -0.05) is 0 Å². The summed E-state index contributed by atoms with van der Waals surface area (Å²) >= 11 is 0. The lowest BCUT2D eigenvalue weighted by molar-refractivity contribution is -0.383. The zero-order valence-electron chi connectivity index (χ0n) is 12.7. The second-order valence-corrected chi connectivity index (χ2v) is 5.01. The molecule has 8 nitrogen and oxygen atoms in total. The number of aromatic nitrogens is 2. The highest BCUT2D eigenvalue weighted by atomic mass is 16.6. The third-order valence-electron chi connectivity index (χ3n) is 3.55. The van der Waals surface area contributed by atoms with Gasteiger partial charge < -0.3 is 14.4 Å². The average Bonchev–Trinajstić information content (AvgIpc) is 2.93. The van der Waals surface area contributed by atoms with E-state index in [2.05, 4.69) is 4.98 Å². The van der Waals surface area contributed by atoms with Crippen molar-refractivity contribution in [1.29, 1.82) is 0 Å². The van der Waals surface area contributed by atoms with Gasteiger partial charge in [-0.25, -0.2) is 4.79 Å². The van der Waals surface area contributed by atoms with Crippen molar-refractivity contribution < 1.29 is 19.6 Å². The van der Waals surface area contributed by atoms with Crippen LogP contribution in [0.15, 0.2) is 42.7 Å². The van der Waals surface area contributed by atoms with Crippen LogP contribution in [0.3, 0.4) is 0 Å². The Balaban J connectivity index is 2.21. The van der Waals surface area contributed by atoms with Crippen LogP contribution in [-0.2, 0) is 6.54 Å². The number of benzene rings is 1. The van der Waals surface area contributed by atoms with Crippen molar-refractivity contribution in [1.82, 2.24) is 9.55 Å². The second kappa shape index (κ2) is 5.99. The molecule has 3 rings (SSSR count). The molecule has 3 aromatic rings. The van der Waals surface area contributed by atoms with Crippen molar-refractivity contribution >= 4 is 22.6 Å². The molecule has 0 saturated carbocycles. The standard InChI is InChI=1S/C16H13N3O5/c1-2-18-14(16(20)21)7-10-6-12(8-13(15(10)18)19(22)23)24-11-4-3-5-17-9-11/h3-9H,2H2,1H3,(H,20,21). The van der Waals surface area contributed by atoms with Gasteiger partial charge >= 0.3 is 5.97 Å². The monoisotopic (exact) mass is 327 g/mol. The Kier molecular flexibility index (Phi) is 3.87. The Morgan fingerprint density at radius 2 is 2.17 bits per heavy atom. The maximum absolute atomic E-state index is 11.4. The highest BCUT2D eigenvalue weighted by Gasteiger charge is 2.23. The van der Waals surface area contributed by atoms with Gasteiger partial charge in [0, 0.05) is 18.1 Å². The minimum absolute atomic E-state index is 0.00544. The molecular formula is C16H13N3O5. The van der Waals surface area contributed by atoms with Crippen LogP contribution in [0.1, 0.15) is 17.4 Å². The van der Waals surface area contributed by atoms with E-state index in [9.17, 15) is 20.0 Å². The summed E-state index contributed by atoms with van der Waals surface area (Å²) < 4.78 is 7.00. The number of nitro benzene ring substituents is 1. The number of nitro groups is 1. The molecular weight excluding hydrogens is 314 g/mol. The summed E-state index contributed by atoms with van der Waals surface area (Å²) in [5.41, 5.74) is 0.0494. The van der Waals surface area contributed by atoms with Crippen molar-refractivity contribution in [3.05, 3.63) is 58.5 Å². The molecule has 0 unspecified atom stereocenters. The summed E-state index contributed by atoms with van der Waals surface area (Å²) in [7, 11) is 0. The first-order chi connectivity index (χ1) is 11.5. The van der Waals surface area contributed by atoms with Crippen LogP contribution in [0.4, 0.5) is 5.69 Å². The molecule has 2 aromatic heterocycles. The van der Waals surface area contributed by atoms with E-state index < -0.39 is 10.9 Å². The molecule has 0 atom stereocenters. The van der Waals surface area contributed by atoms with E-state index >= 15 is 0 Å². The molecule has 24 heavy (non-hydrogen) atoms. The molecule has 1 aromatic carbocycles. The van der Waals surface area contributed by atoms with Crippen molar-refractivity contribution in [2.24, 2.45) is 0 Å². The smallest absolute Gasteiger partial charge is 0.352 e. The molecule has 0 bridgehead atoms. The lowest BCUT2D eigenvalue weighted by Crippen LogP contribution is -2.07. The Hall–Kier alpha value is -3.42. The fourth-order valence-electron chi connectivity index (χ4n) is 2.61. The van der Waals surface area contributed by atoms with E-state index in [0.717, 1.165) is 0 Å². The maximum atomic E-state index is 11.4. The molecule has 0 fully saturated rings. The number of carboxylic acids is 1. The number of fused-ring (bicyclic) bond motifs is 1. The zero-order valence-corrected chi connectivity index (χ0v) is 12.7. The number of carboxylic acid groups (broad SMARTS) is 1. The maximum Gasteiger partial charge on any atom is 0.352 e. The first kappa shape index (κ1) is 15.5. The van der Waals surface area contributed by atoms with Gasteiger partial charge in [-0.15, -0.1) is 0 Å². The number of pyridine rings is 1. The molecule has 1 N–H and O–H groups in total. The Bertz CT molecular complexity index is 934. The number of aromatic carboxylic acids is 1. The molecule has 0 aliphatic rings. The topological polar surface area (TPSA) is 107 Å².